The normalized spacial score (nSPS) is 11.5. The Bertz CT molecular complexity index is 773. The molecule has 128 valence electrons. The number of nitrogens with zero attached hydrogens (tertiary/aromatic N) is 2. The van der Waals surface area contributed by atoms with E-state index >= 15 is 0 Å². The van der Waals surface area contributed by atoms with Crippen LogP contribution < -0.4 is 5.56 Å². The summed E-state index contributed by atoms with van der Waals surface area (Å²) >= 11 is 0. The van der Waals surface area contributed by atoms with E-state index in [4.69, 9.17) is 4.74 Å². The van der Waals surface area contributed by atoms with Gasteiger partial charge in [-0.1, -0.05) is 30.3 Å². The Balaban J connectivity index is 2.12. The van der Waals surface area contributed by atoms with Crippen molar-refractivity contribution in [1.29, 1.82) is 0 Å². The number of alkyl halides is 3. The van der Waals surface area contributed by atoms with Crippen LogP contribution in [0.1, 0.15) is 11.1 Å². The molecule has 2 rings (SSSR count). The lowest BCUT2D eigenvalue weighted by molar-refractivity contribution is -0.386. The predicted molar refractivity (Wildman–Crippen MR) is 78.5 cm³/mol. The van der Waals surface area contributed by atoms with Crippen LogP contribution in [0.3, 0.4) is 0 Å². The Labute approximate surface area is 134 Å². The molecule has 2 aromatic rings. The first kappa shape index (κ1) is 17.7. The summed E-state index contributed by atoms with van der Waals surface area (Å²) in [6, 6.07) is 9.29. The Hall–Kier alpha value is -2.68. The summed E-state index contributed by atoms with van der Waals surface area (Å²) in [5.41, 5.74) is -2.61. The third-order valence-corrected chi connectivity index (χ3v) is 3.18. The van der Waals surface area contributed by atoms with Gasteiger partial charge in [-0.15, -0.1) is 0 Å². The average Bonchev–Trinajstić information content (AvgIpc) is 2.52. The lowest BCUT2D eigenvalue weighted by Crippen LogP contribution is -2.26. The van der Waals surface area contributed by atoms with E-state index in [0.717, 1.165) is 5.56 Å². The number of pyridine rings is 1. The summed E-state index contributed by atoms with van der Waals surface area (Å²) < 4.78 is 44.3. The van der Waals surface area contributed by atoms with Crippen LogP contribution in [0.2, 0.25) is 0 Å². The third-order valence-electron chi connectivity index (χ3n) is 3.18. The molecule has 1 heterocycles. The van der Waals surface area contributed by atoms with Gasteiger partial charge in [-0.3, -0.25) is 14.9 Å². The van der Waals surface area contributed by atoms with Crippen LogP contribution >= 0.6 is 0 Å². The zero-order valence-corrected chi connectivity index (χ0v) is 12.3. The van der Waals surface area contributed by atoms with Crippen molar-refractivity contribution >= 4 is 5.69 Å². The molecule has 0 fully saturated rings. The quantitative estimate of drug-likeness (QED) is 0.459. The van der Waals surface area contributed by atoms with Gasteiger partial charge in [-0.05, 0) is 5.56 Å². The first-order chi connectivity index (χ1) is 11.3. The van der Waals surface area contributed by atoms with Gasteiger partial charge < -0.3 is 9.30 Å². The van der Waals surface area contributed by atoms with Gasteiger partial charge in [-0.25, -0.2) is 0 Å². The first-order valence-corrected chi connectivity index (χ1v) is 6.87. The second-order valence-corrected chi connectivity index (χ2v) is 4.91. The van der Waals surface area contributed by atoms with Gasteiger partial charge in [0.05, 0.1) is 23.7 Å². The molecule has 0 aliphatic rings. The van der Waals surface area contributed by atoms with Crippen molar-refractivity contribution in [3.05, 3.63) is 74.2 Å². The molecule has 0 spiro atoms. The Kier molecular flexibility index (Phi) is 5.35. The summed E-state index contributed by atoms with van der Waals surface area (Å²) in [4.78, 5) is 21.5. The molecular weight excluding hydrogens is 329 g/mol. The van der Waals surface area contributed by atoms with Gasteiger partial charge >= 0.3 is 17.4 Å². The molecule has 0 saturated heterocycles. The highest BCUT2D eigenvalue weighted by molar-refractivity contribution is 5.32. The van der Waals surface area contributed by atoms with Crippen LogP contribution in [0.5, 0.6) is 0 Å². The number of nitro groups is 1. The lowest BCUT2D eigenvalue weighted by Gasteiger charge is -2.11. The molecule has 0 atom stereocenters. The number of benzene rings is 1. The highest BCUT2D eigenvalue weighted by atomic mass is 19.4. The third kappa shape index (κ3) is 4.42. The fraction of sp³-hybridized carbons (Fsp3) is 0.267. The second-order valence-electron chi connectivity index (χ2n) is 4.91. The molecule has 24 heavy (non-hydrogen) atoms. The van der Waals surface area contributed by atoms with E-state index in [1.54, 1.807) is 24.3 Å². The summed E-state index contributed by atoms with van der Waals surface area (Å²) in [6.45, 7) is -0.0691. The summed E-state index contributed by atoms with van der Waals surface area (Å²) in [6.07, 6.45) is -4.23. The van der Waals surface area contributed by atoms with Crippen LogP contribution in [-0.2, 0) is 24.1 Å². The van der Waals surface area contributed by atoms with E-state index in [1.807, 2.05) is 6.07 Å². The molecule has 0 saturated carbocycles. The maximum atomic E-state index is 12.8. The molecule has 0 aliphatic carbocycles. The van der Waals surface area contributed by atoms with Crippen LogP contribution in [0.4, 0.5) is 18.9 Å². The molecule has 0 radical (unpaired) electrons. The highest BCUT2D eigenvalue weighted by Gasteiger charge is 2.34. The second kappa shape index (κ2) is 7.26. The van der Waals surface area contributed by atoms with E-state index in [9.17, 15) is 28.1 Å². The van der Waals surface area contributed by atoms with Crippen molar-refractivity contribution in [2.75, 3.05) is 6.61 Å². The molecule has 0 amide bonds. The Morgan fingerprint density at radius 3 is 2.46 bits per heavy atom. The number of aromatic nitrogens is 1. The summed E-state index contributed by atoms with van der Waals surface area (Å²) in [5.74, 6) is 0. The summed E-state index contributed by atoms with van der Waals surface area (Å²) in [7, 11) is 0. The van der Waals surface area contributed by atoms with E-state index in [2.05, 4.69) is 0 Å². The van der Waals surface area contributed by atoms with E-state index in [-0.39, 0.29) is 25.8 Å². The van der Waals surface area contributed by atoms with Crippen molar-refractivity contribution in [2.24, 2.45) is 0 Å². The van der Waals surface area contributed by atoms with E-state index in [0.29, 0.717) is 10.8 Å². The minimum atomic E-state index is -4.79. The molecule has 6 nitrogen and oxygen atoms in total. The largest absolute Gasteiger partial charge is 0.418 e. The fourth-order valence-electron chi connectivity index (χ4n) is 2.00. The van der Waals surface area contributed by atoms with Gasteiger partial charge in [0.15, 0.2) is 0 Å². The minimum absolute atomic E-state index is 0.0622. The molecular formula is C15H13F3N2O4. The number of hydrogen-bond donors (Lipinski definition) is 0. The summed E-state index contributed by atoms with van der Waals surface area (Å²) in [5, 5.41) is 10.8. The fourth-order valence-corrected chi connectivity index (χ4v) is 2.00. The maximum Gasteiger partial charge on any atom is 0.418 e. The molecule has 1 aromatic carbocycles. The maximum absolute atomic E-state index is 12.8. The number of rotatable bonds is 6. The minimum Gasteiger partial charge on any atom is -0.375 e. The zero-order chi connectivity index (χ0) is 17.7. The lowest BCUT2D eigenvalue weighted by atomic mass is 10.2. The van der Waals surface area contributed by atoms with E-state index in [1.165, 1.54) is 0 Å². The molecule has 9 heteroatoms. The monoisotopic (exact) mass is 342 g/mol. The van der Waals surface area contributed by atoms with E-state index < -0.39 is 27.9 Å². The van der Waals surface area contributed by atoms with Crippen molar-refractivity contribution in [1.82, 2.24) is 4.57 Å². The van der Waals surface area contributed by atoms with Crippen molar-refractivity contribution < 1.29 is 22.8 Å². The SMILES string of the molecule is O=c1c([N+](=O)[O-])cc(C(F)(F)F)cn1CCOCc1ccccc1. The van der Waals surface area contributed by atoms with Crippen LogP contribution in [0, 0.1) is 10.1 Å². The number of hydrogen-bond acceptors (Lipinski definition) is 4. The van der Waals surface area contributed by atoms with Crippen LogP contribution in [-0.4, -0.2) is 16.1 Å². The molecule has 1 aromatic heterocycles. The topological polar surface area (TPSA) is 74.4 Å². The van der Waals surface area contributed by atoms with Crippen LogP contribution in [0.15, 0.2) is 47.4 Å². The average molecular weight is 342 g/mol. The van der Waals surface area contributed by atoms with Gasteiger partial charge in [-0.2, -0.15) is 13.2 Å². The van der Waals surface area contributed by atoms with Gasteiger partial charge in [0.2, 0.25) is 0 Å². The molecule has 0 bridgehead atoms. The van der Waals surface area contributed by atoms with Crippen molar-refractivity contribution in [3.63, 3.8) is 0 Å². The van der Waals surface area contributed by atoms with Gasteiger partial charge in [0.1, 0.15) is 0 Å². The highest BCUT2D eigenvalue weighted by Crippen LogP contribution is 2.30. The molecule has 0 N–H and O–H groups in total. The Morgan fingerprint density at radius 2 is 1.88 bits per heavy atom. The number of halogens is 3. The molecule has 0 aliphatic heterocycles. The van der Waals surface area contributed by atoms with Crippen molar-refractivity contribution in [2.45, 2.75) is 19.3 Å². The van der Waals surface area contributed by atoms with Gasteiger partial charge in [0.25, 0.3) is 0 Å². The van der Waals surface area contributed by atoms with Crippen molar-refractivity contribution in [3.8, 4) is 0 Å². The van der Waals surface area contributed by atoms with Crippen LogP contribution in [0.25, 0.3) is 0 Å². The smallest absolute Gasteiger partial charge is 0.375 e. The molecule has 0 unspecified atom stereocenters. The zero-order valence-electron chi connectivity index (χ0n) is 12.3. The predicted octanol–water partition coefficient (Wildman–Crippen LogP) is 2.99. The van der Waals surface area contributed by atoms with Gasteiger partial charge in [0, 0.05) is 18.8 Å². The Morgan fingerprint density at radius 1 is 1.21 bits per heavy atom. The number of ether oxygens (including phenoxy) is 1. The first-order valence-electron chi connectivity index (χ1n) is 6.87. The standard InChI is InChI=1S/C15H13F3N2O4/c16-15(17,18)12-8-13(20(22)23)14(21)19(9-12)6-7-24-10-11-4-2-1-3-5-11/h1-5,8-9H,6-7,10H2.